The normalized spacial score (nSPS) is 13.6. The summed E-state index contributed by atoms with van der Waals surface area (Å²) >= 11 is 0. The SMILES string of the molecule is C/C(=C/C(=O)N[C@H](C)Cn1cncn1)c1cccc(C(F)(F)F)c1. The summed E-state index contributed by atoms with van der Waals surface area (Å²) in [6, 6.07) is 4.67. The number of allylic oxidation sites excluding steroid dienone is 1. The Hall–Kier alpha value is -2.64. The zero-order valence-electron chi connectivity index (χ0n) is 13.2. The van der Waals surface area contributed by atoms with Crippen molar-refractivity contribution in [3.8, 4) is 0 Å². The van der Waals surface area contributed by atoms with E-state index in [1.165, 1.54) is 30.9 Å². The molecule has 0 aliphatic rings. The average molecular weight is 338 g/mol. The summed E-state index contributed by atoms with van der Waals surface area (Å²) in [5.74, 6) is -0.377. The lowest BCUT2D eigenvalue weighted by Crippen LogP contribution is -2.34. The molecule has 0 spiro atoms. The molecule has 1 heterocycles. The fourth-order valence-electron chi connectivity index (χ4n) is 2.16. The highest BCUT2D eigenvalue weighted by Crippen LogP contribution is 2.30. The molecule has 0 aliphatic heterocycles. The molecule has 2 rings (SSSR count). The van der Waals surface area contributed by atoms with Gasteiger partial charge in [0.05, 0.1) is 12.1 Å². The molecule has 24 heavy (non-hydrogen) atoms. The maximum Gasteiger partial charge on any atom is 0.416 e. The van der Waals surface area contributed by atoms with E-state index in [1.807, 2.05) is 0 Å². The highest BCUT2D eigenvalue weighted by atomic mass is 19.4. The van der Waals surface area contributed by atoms with E-state index < -0.39 is 11.7 Å². The third-order valence-corrected chi connectivity index (χ3v) is 3.31. The number of nitrogens with one attached hydrogen (secondary N) is 1. The fraction of sp³-hybridized carbons (Fsp3) is 0.312. The van der Waals surface area contributed by atoms with E-state index in [9.17, 15) is 18.0 Å². The average Bonchev–Trinajstić information content (AvgIpc) is 2.99. The summed E-state index contributed by atoms with van der Waals surface area (Å²) in [6.45, 7) is 3.84. The number of rotatable bonds is 5. The van der Waals surface area contributed by atoms with Crippen molar-refractivity contribution in [1.29, 1.82) is 0 Å². The van der Waals surface area contributed by atoms with Crippen LogP contribution >= 0.6 is 0 Å². The molecule has 128 valence electrons. The van der Waals surface area contributed by atoms with E-state index in [1.54, 1.807) is 18.5 Å². The summed E-state index contributed by atoms with van der Waals surface area (Å²) in [4.78, 5) is 15.8. The number of nitrogens with zero attached hydrogens (tertiary/aromatic N) is 3. The summed E-state index contributed by atoms with van der Waals surface area (Å²) < 4.78 is 39.8. The van der Waals surface area contributed by atoms with Crippen LogP contribution in [-0.2, 0) is 17.5 Å². The molecule has 0 saturated heterocycles. The number of aromatic nitrogens is 3. The van der Waals surface area contributed by atoms with Gasteiger partial charge in [0.1, 0.15) is 12.7 Å². The van der Waals surface area contributed by atoms with Crippen LogP contribution in [0.1, 0.15) is 25.0 Å². The Kier molecular flexibility index (Phi) is 5.38. The minimum Gasteiger partial charge on any atom is -0.348 e. The fourth-order valence-corrected chi connectivity index (χ4v) is 2.16. The lowest BCUT2D eigenvalue weighted by Gasteiger charge is -2.13. The largest absolute Gasteiger partial charge is 0.416 e. The number of amides is 1. The molecule has 0 saturated carbocycles. The van der Waals surface area contributed by atoms with Crippen molar-refractivity contribution in [2.75, 3.05) is 0 Å². The number of halogens is 3. The minimum atomic E-state index is -4.41. The maximum atomic E-state index is 12.7. The first-order chi connectivity index (χ1) is 11.3. The molecule has 0 radical (unpaired) electrons. The Balaban J connectivity index is 2.03. The predicted octanol–water partition coefficient (Wildman–Crippen LogP) is 2.91. The van der Waals surface area contributed by atoms with E-state index >= 15 is 0 Å². The maximum absolute atomic E-state index is 12.7. The highest BCUT2D eigenvalue weighted by molar-refractivity contribution is 5.95. The second-order valence-corrected chi connectivity index (χ2v) is 5.43. The van der Waals surface area contributed by atoms with Crippen LogP contribution in [0.3, 0.4) is 0 Å². The smallest absolute Gasteiger partial charge is 0.348 e. The molecule has 1 aromatic heterocycles. The second-order valence-electron chi connectivity index (χ2n) is 5.43. The standard InChI is InChI=1S/C16H17F3N4O/c1-11(13-4-3-5-14(7-13)16(17,18)19)6-15(24)22-12(2)8-23-10-20-9-21-23/h3-7,9-10,12H,8H2,1-2H3,(H,22,24)/b11-6-/t12-/m1/s1. The van der Waals surface area contributed by atoms with E-state index in [2.05, 4.69) is 15.4 Å². The first kappa shape index (κ1) is 17.7. The molecule has 8 heteroatoms. The third-order valence-electron chi connectivity index (χ3n) is 3.31. The van der Waals surface area contributed by atoms with Crippen molar-refractivity contribution < 1.29 is 18.0 Å². The highest BCUT2D eigenvalue weighted by Gasteiger charge is 2.30. The third kappa shape index (κ3) is 4.94. The van der Waals surface area contributed by atoms with Crippen LogP contribution in [0.25, 0.3) is 5.57 Å². The molecule has 0 unspecified atom stereocenters. The lowest BCUT2D eigenvalue weighted by molar-refractivity contribution is -0.137. The number of benzene rings is 1. The van der Waals surface area contributed by atoms with E-state index in [0.717, 1.165) is 12.1 Å². The van der Waals surface area contributed by atoms with Crippen LogP contribution in [0.2, 0.25) is 0 Å². The van der Waals surface area contributed by atoms with E-state index in [-0.39, 0.29) is 11.9 Å². The van der Waals surface area contributed by atoms with Gasteiger partial charge in [-0.05, 0) is 37.1 Å². The number of hydrogen-bond acceptors (Lipinski definition) is 3. The van der Waals surface area contributed by atoms with Gasteiger partial charge in [0.15, 0.2) is 0 Å². The summed E-state index contributed by atoms with van der Waals surface area (Å²) in [5, 5.41) is 6.67. The van der Waals surface area contributed by atoms with Gasteiger partial charge in [-0.1, -0.05) is 12.1 Å². The molecule has 0 bridgehead atoms. The Labute approximate surface area is 137 Å². The van der Waals surface area contributed by atoms with Gasteiger partial charge in [-0.3, -0.25) is 9.48 Å². The van der Waals surface area contributed by atoms with Gasteiger partial charge < -0.3 is 5.32 Å². The van der Waals surface area contributed by atoms with Crippen molar-refractivity contribution in [2.45, 2.75) is 32.6 Å². The molecule has 5 nitrogen and oxygen atoms in total. The second kappa shape index (κ2) is 7.29. The van der Waals surface area contributed by atoms with E-state index in [4.69, 9.17) is 0 Å². The Morgan fingerprint density at radius 1 is 1.42 bits per heavy atom. The molecule has 1 amide bonds. The monoisotopic (exact) mass is 338 g/mol. The molecule has 1 N–H and O–H groups in total. The Bertz CT molecular complexity index is 723. The predicted molar refractivity (Wildman–Crippen MR) is 82.7 cm³/mol. The van der Waals surface area contributed by atoms with Crippen molar-refractivity contribution >= 4 is 11.5 Å². The van der Waals surface area contributed by atoms with Gasteiger partial charge in [-0.2, -0.15) is 18.3 Å². The van der Waals surface area contributed by atoms with Crippen molar-refractivity contribution in [3.05, 3.63) is 54.1 Å². The van der Waals surface area contributed by atoms with Gasteiger partial charge in [0, 0.05) is 12.1 Å². The molecular formula is C16H17F3N4O. The first-order valence-corrected chi connectivity index (χ1v) is 7.24. The van der Waals surface area contributed by atoms with Crippen molar-refractivity contribution in [1.82, 2.24) is 20.1 Å². The number of carbonyl (C=O) groups is 1. The van der Waals surface area contributed by atoms with Gasteiger partial charge in [0.25, 0.3) is 0 Å². The Morgan fingerprint density at radius 2 is 2.17 bits per heavy atom. The van der Waals surface area contributed by atoms with Crippen LogP contribution in [-0.4, -0.2) is 26.7 Å². The molecule has 1 atom stereocenters. The Morgan fingerprint density at radius 3 is 2.79 bits per heavy atom. The van der Waals surface area contributed by atoms with Crippen LogP contribution in [0.5, 0.6) is 0 Å². The van der Waals surface area contributed by atoms with Crippen molar-refractivity contribution in [2.24, 2.45) is 0 Å². The van der Waals surface area contributed by atoms with Gasteiger partial charge in [-0.15, -0.1) is 0 Å². The molecule has 0 fully saturated rings. The van der Waals surface area contributed by atoms with Crippen molar-refractivity contribution in [3.63, 3.8) is 0 Å². The summed E-state index contributed by atoms with van der Waals surface area (Å²) in [6.07, 6.45) is -0.198. The molecule has 0 aliphatic carbocycles. The summed E-state index contributed by atoms with van der Waals surface area (Å²) in [7, 11) is 0. The first-order valence-electron chi connectivity index (χ1n) is 7.24. The van der Waals surface area contributed by atoms with Crippen LogP contribution in [0.4, 0.5) is 13.2 Å². The van der Waals surface area contributed by atoms with Crippen LogP contribution in [0, 0.1) is 0 Å². The molecule has 2 aromatic rings. The zero-order chi connectivity index (χ0) is 17.7. The summed E-state index contributed by atoms with van der Waals surface area (Å²) in [5.41, 5.74) is 0.0585. The topological polar surface area (TPSA) is 59.8 Å². The quantitative estimate of drug-likeness (QED) is 0.853. The lowest BCUT2D eigenvalue weighted by atomic mass is 10.0. The number of alkyl halides is 3. The van der Waals surface area contributed by atoms with Crippen LogP contribution in [0.15, 0.2) is 43.0 Å². The van der Waals surface area contributed by atoms with Crippen LogP contribution < -0.4 is 5.32 Å². The van der Waals surface area contributed by atoms with Gasteiger partial charge in [0.2, 0.25) is 5.91 Å². The minimum absolute atomic E-state index is 0.204. The van der Waals surface area contributed by atoms with E-state index in [0.29, 0.717) is 17.7 Å². The zero-order valence-corrected chi connectivity index (χ0v) is 13.2. The number of carbonyl (C=O) groups excluding carboxylic acids is 1. The molecular weight excluding hydrogens is 321 g/mol. The van der Waals surface area contributed by atoms with Gasteiger partial charge >= 0.3 is 6.18 Å². The molecule has 1 aromatic carbocycles. The number of hydrogen-bond donors (Lipinski definition) is 1. The van der Waals surface area contributed by atoms with Gasteiger partial charge in [-0.25, -0.2) is 4.98 Å².